The first kappa shape index (κ1) is 14.2. The number of hydrogen-bond donors (Lipinski definition) is 1. The fourth-order valence-corrected chi connectivity index (χ4v) is 2.12. The van der Waals surface area contributed by atoms with Gasteiger partial charge in [-0.3, -0.25) is 4.79 Å². The molecule has 0 fully saturated rings. The van der Waals surface area contributed by atoms with Crippen LogP contribution < -0.4 is 0 Å². The highest BCUT2D eigenvalue weighted by Gasteiger charge is 2.37. The SMILES string of the molecule is CCOC(=O)c1oc2c(c1C(F)F)C(=O)C(=CO)CC2. The van der Waals surface area contributed by atoms with E-state index in [9.17, 15) is 18.4 Å². The number of carbonyl (C=O) groups excluding carboxylic acids is 2. The summed E-state index contributed by atoms with van der Waals surface area (Å²) in [6.45, 7) is 1.53. The lowest BCUT2D eigenvalue weighted by Gasteiger charge is -2.12. The second-order valence-corrected chi connectivity index (χ2v) is 4.15. The van der Waals surface area contributed by atoms with Gasteiger partial charge in [0.2, 0.25) is 5.76 Å². The Balaban J connectivity index is 2.59. The summed E-state index contributed by atoms with van der Waals surface area (Å²) in [5.41, 5.74) is -1.09. The highest BCUT2D eigenvalue weighted by Crippen LogP contribution is 2.37. The van der Waals surface area contributed by atoms with Crippen molar-refractivity contribution < 1.29 is 32.6 Å². The van der Waals surface area contributed by atoms with E-state index in [0.29, 0.717) is 6.26 Å². The van der Waals surface area contributed by atoms with Crippen LogP contribution in [-0.2, 0) is 11.2 Å². The van der Waals surface area contributed by atoms with Crippen LogP contribution in [0.3, 0.4) is 0 Å². The van der Waals surface area contributed by atoms with Gasteiger partial charge in [-0.25, -0.2) is 13.6 Å². The number of hydrogen-bond acceptors (Lipinski definition) is 5. The summed E-state index contributed by atoms with van der Waals surface area (Å²) < 4.78 is 36.0. The van der Waals surface area contributed by atoms with Crippen LogP contribution in [0.5, 0.6) is 0 Å². The number of esters is 1. The Kier molecular flexibility index (Phi) is 3.87. The van der Waals surface area contributed by atoms with Crippen LogP contribution >= 0.6 is 0 Å². The number of ketones is 1. The van der Waals surface area contributed by atoms with Crippen molar-refractivity contribution in [2.24, 2.45) is 0 Å². The predicted molar refractivity (Wildman–Crippen MR) is 63.0 cm³/mol. The van der Waals surface area contributed by atoms with Gasteiger partial charge in [-0.1, -0.05) is 0 Å². The van der Waals surface area contributed by atoms with Gasteiger partial charge >= 0.3 is 5.97 Å². The quantitative estimate of drug-likeness (QED) is 0.525. The Morgan fingerprint density at radius 2 is 2.20 bits per heavy atom. The maximum absolute atomic E-state index is 13.2. The van der Waals surface area contributed by atoms with Crippen molar-refractivity contribution in [3.05, 3.63) is 34.5 Å². The molecule has 5 nitrogen and oxygen atoms in total. The molecule has 1 aromatic rings. The summed E-state index contributed by atoms with van der Waals surface area (Å²) >= 11 is 0. The first-order valence-corrected chi connectivity index (χ1v) is 6.00. The number of Topliss-reactive ketones (excluding diaryl/α,β-unsaturated/α-hetero) is 1. The largest absolute Gasteiger partial charge is 0.515 e. The minimum atomic E-state index is -3.05. The van der Waals surface area contributed by atoms with Gasteiger partial charge in [-0.2, -0.15) is 0 Å². The number of allylic oxidation sites excluding steroid dienone is 1. The molecule has 108 valence electrons. The van der Waals surface area contributed by atoms with Crippen molar-refractivity contribution in [3.8, 4) is 0 Å². The molecule has 1 aliphatic carbocycles. The van der Waals surface area contributed by atoms with Crippen molar-refractivity contribution in [1.29, 1.82) is 0 Å². The van der Waals surface area contributed by atoms with Crippen LogP contribution in [0.2, 0.25) is 0 Å². The lowest BCUT2D eigenvalue weighted by Crippen LogP contribution is -2.15. The first-order valence-electron chi connectivity index (χ1n) is 6.00. The van der Waals surface area contributed by atoms with Crippen molar-refractivity contribution in [2.45, 2.75) is 26.2 Å². The van der Waals surface area contributed by atoms with Gasteiger partial charge in [0.1, 0.15) is 5.76 Å². The third kappa shape index (κ3) is 2.19. The zero-order valence-corrected chi connectivity index (χ0v) is 10.6. The van der Waals surface area contributed by atoms with Gasteiger partial charge in [0, 0.05) is 12.0 Å². The number of carbonyl (C=O) groups is 2. The fraction of sp³-hybridized carbons (Fsp3) is 0.385. The van der Waals surface area contributed by atoms with Crippen molar-refractivity contribution in [1.82, 2.24) is 0 Å². The summed E-state index contributed by atoms with van der Waals surface area (Å²) in [7, 11) is 0. The number of rotatable bonds is 3. The molecule has 0 aromatic carbocycles. The zero-order valence-electron chi connectivity index (χ0n) is 10.6. The number of fused-ring (bicyclic) bond motifs is 1. The van der Waals surface area contributed by atoms with Crippen LogP contribution in [0, 0.1) is 0 Å². The number of aliphatic hydroxyl groups is 1. The molecule has 2 rings (SSSR count). The molecule has 7 heteroatoms. The summed E-state index contributed by atoms with van der Waals surface area (Å²) in [5, 5.41) is 8.92. The number of halogens is 2. The van der Waals surface area contributed by atoms with Gasteiger partial charge < -0.3 is 14.3 Å². The van der Waals surface area contributed by atoms with Gasteiger partial charge in [0.05, 0.1) is 24.0 Å². The number of ether oxygens (including phenoxy) is 1. The molecular formula is C13H12F2O5. The molecule has 0 radical (unpaired) electrons. The molecule has 1 heterocycles. The molecule has 0 amide bonds. The van der Waals surface area contributed by atoms with Crippen LogP contribution in [-0.4, -0.2) is 23.5 Å². The van der Waals surface area contributed by atoms with Crippen LogP contribution in [0.1, 0.15) is 52.0 Å². The fourth-order valence-electron chi connectivity index (χ4n) is 2.12. The van der Waals surface area contributed by atoms with Crippen molar-refractivity contribution in [3.63, 3.8) is 0 Å². The molecule has 1 aromatic heterocycles. The van der Waals surface area contributed by atoms with E-state index in [-0.39, 0.29) is 36.3 Å². The average molecular weight is 286 g/mol. The molecule has 1 N–H and O–H groups in total. The predicted octanol–water partition coefficient (Wildman–Crippen LogP) is 2.96. The average Bonchev–Trinajstić information content (AvgIpc) is 2.80. The molecule has 0 saturated heterocycles. The topological polar surface area (TPSA) is 76.7 Å². The van der Waals surface area contributed by atoms with Crippen molar-refractivity contribution >= 4 is 11.8 Å². The van der Waals surface area contributed by atoms with E-state index < -0.39 is 29.5 Å². The Morgan fingerprint density at radius 1 is 1.50 bits per heavy atom. The maximum atomic E-state index is 13.2. The maximum Gasteiger partial charge on any atom is 0.374 e. The highest BCUT2D eigenvalue weighted by atomic mass is 19.3. The number of aryl methyl sites for hydroxylation is 1. The van der Waals surface area contributed by atoms with E-state index >= 15 is 0 Å². The Morgan fingerprint density at radius 3 is 2.75 bits per heavy atom. The summed E-state index contributed by atoms with van der Waals surface area (Å²) in [6, 6.07) is 0. The molecule has 0 unspecified atom stereocenters. The smallest absolute Gasteiger partial charge is 0.374 e. The van der Waals surface area contributed by atoms with Crippen molar-refractivity contribution in [2.75, 3.05) is 6.61 Å². The Labute approximate surface area is 112 Å². The van der Waals surface area contributed by atoms with Gasteiger partial charge in [-0.05, 0) is 13.3 Å². The van der Waals surface area contributed by atoms with E-state index in [1.165, 1.54) is 6.92 Å². The number of alkyl halides is 2. The summed E-state index contributed by atoms with van der Waals surface area (Å²) in [5.74, 6) is -2.39. The molecule has 1 aliphatic rings. The molecule has 0 bridgehead atoms. The third-order valence-electron chi connectivity index (χ3n) is 2.99. The molecular weight excluding hydrogens is 274 g/mol. The second kappa shape index (κ2) is 5.44. The highest BCUT2D eigenvalue weighted by molar-refractivity contribution is 6.12. The first-order chi connectivity index (χ1) is 9.51. The lowest BCUT2D eigenvalue weighted by atomic mass is 9.90. The second-order valence-electron chi connectivity index (χ2n) is 4.15. The molecule has 20 heavy (non-hydrogen) atoms. The van der Waals surface area contributed by atoms with Gasteiger partial charge in [0.15, 0.2) is 5.78 Å². The van der Waals surface area contributed by atoms with Gasteiger partial charge in [-0.15, -0.1) is 0 Å². The van der Waals surface area contributed by atoms with E-state index in [4.69, 9.17) is 9.52 Å². The Bertz CT molecular complexity index is 586. The zero-order chi connectivity index (χ0) is 14.9. The molecule has 0 atom stereocenters. The minimum Gasteiger partial charge on any atom is -0.515 e. The number of aliphatic hydroxyl groups excluding tert-OH is 1. The third-order valence-corrected chi connectivity index (χ3v) is 2.99. The molecule has 0 aliphatic heterocycles. The minimum absolute atomic E-state index is 0.00260. The van der Waals surface area contributed by atoms with Crippen LogP contribution in [0.15, 0.2) is 16.3 Å². The van der Waals surface area contributed by atoms with E-state index in [1.807, 2.05) is 0 Å². The van der Waals surface area contributed by atoms with E-state index in [0.717, 1.165) is 0 Å². The monoisotopic (exact) mass is 286 g/mol. The van der Waals surface area contributed by atoms with E-state index in [1.54, 1.807) is 0 Å². The molecule has 0 spiro atoms. The standard InChI is InChI=1S/C13H12F2O5/c1-2-19-13(18)11-9(12(14)15)8-7(20-11)4-3-6(5-16)10(8)17/h5,12,16H,2-4H2,1H3. The normalized spacial score (nSPS) is 16.6. The van der Waals surface area contributed by atoms with E-state index in [2.05, 4.69) is 4.74 Å². The Hall–Kier alpha value is -2.18. The lowest BCUT2D eigenvalue weighted by molar-refractivity contribution is 0.0474. The number of furan rings is 1. The summed E-state index contributed by atoms with van der Waals surface area (Å²) in [6.07, 6.45) is -2.13. The van der Waals surface area contributed by atoms with Crippen LogP contribution in [0.4, 0.5) is 8.78 Å². The summed E-state index contributed by atoms with van der Waals surface area (Å²) in [4.78, 5) is 23.6. The van der Waals surface area contributed by atoms with Gasteiger partial charge in [0.25, 0.3) is 6.43 Å². The molecule has 0 saturated carbocycles. The van der Waals surface area contributed by atoms with Crippen LogP contribution in [0.25, 0.3) is 0 Å².